The Hall–Kier alpha value is -0.930. The minimum atomic E-state index is 0.701. The maximum atomic E-state index is 4.05. The van der Waals surface area contributed by atoms with Crippen molar-refractivity contribution in [2.45, 2.75) is 25.8 Å². The van der Waals surface area contributed by atoms with Crippen LogP contribution in [0.3, 0.4) is 0 Å². The van der Waals surface area contributed by atoms with E-state index in [2.05, 4.69) is 41.3 Å². The molecule has 0 spiro atoms. The highest BCUT2D eigenvalue weighted by Crippen LogP contribution is 2.16. The number of piperidine rings is 1. The van der Waals surface area contributed by atoms with Gasteiger partial charge in [-0.3, -0.25) is 4.98 Å². The summed E-state index contributed by atoms with van der Waals surface area (Å²) in [5, 5.41) is 3.41. The molecule has 0 radical (unpaired) electrons. The van der Waals surface area contributed by atoms with Crippen molar-refractivity contribution in [3.8, 4) is 0 Å². The van der Waals surface area contributed by atoms with Crippen LogP contribution in [0, 0.1) is 5.92 Å². The van der Waals surface area contributed by atoms with Crippen LogP contribution >= 0.6 is 0 Å². The van der Waals surface area contributed by atoms with Crippen molar-refractivity contribution in [3.05, 3.63) is 30.1 Å². The molecule has 1 aromatic heterocycles. The lowest BCUT2D eigenvalue weighted by molar-refractivity contribution is 0.153. The molecule has 1 N–H and O–H groups in total. The fourth-order valence-corrected chi connectivity index (χ4v) is 2.70. The summed E-state index contributed by atoms with van der Waals surface area (Å²) in [7, 11) is 2.08. The highest BCUT2D eigenvalue weighted by molar-refractivity contribution is 5.10. The molecular formula is C14H23N3. The van der Waals surface area contributed by atoms with Gasteiger partial charge in [0.05, 0.1) is 0 Å². The number of hydrogen-bond acceptors (Lipinski definition) is 3. The first-order valence-electron chi connectivity index (χ1n) is 6.58. The second-order valence-corrected chi connectivity index (χ2v) is 5.07. The van der Waals surface area contributed by atoms with Crippen LogP contribution in [0.1, 0.15) is 18.9 Å². The van der Waals surface area contributed by atoms with Gasteiger partial charge in [0.25, 0.3) is 0 Å². The first-order chi connectivity index (χ1) is 8.29. The van der Waals surface area contributed by atoms with Gasteiger partial charge in [-0.2, -0.15) is 0 Å². The molecular weight excluding hydrogens is 210 g/mol. The van der Waals surface area contributed by atoms with E-state index in [1.165, 1.54) is 31.6 Å². The number of nitrogens with zero attached hydrogens (tertiary/aromatic N) is 2. The zero-order chi connectivity index (χ0) is 12.1. The Bertz CT molecular complexity index is 325. The summed E-state index contributed by atoms with van der Waals surface area (Å²) in [6, 6.07) is 4.93. The van der Waals surface area contributed by atoms with Crippen molar-refractivity contribution in [3.63, 3.8) is 0 Å². The van der Waals surface area contributed by atoms with Gasteiger partial charge in [-0.1, -0.05) is 6.92 Å². The number of likely N-dealkylation sites (tertiary alicyclic amines) is 1. The zero-order valence-electron chi connectivity index (χ0n) is 10.9. The topological polar surface area (TPSA) is 28.2 Å². The molecule has 0 bridgehead atoms. The summed E-state index contributed by atoms with van der Waals surface area (Å²) in [5.41, 5.74) is 1.39. The molecule has 0 aliphatic carbocycles. The Kier molecular flexibility index (Phi) is 4.51. The first-order valence-corrected chi connectivity index (χ1v) is 6.58. The van der Waals surface area contributed by atoms with E-state index >= 15 is 0 Å². The first kappa shape index (κ1) is 12.5. The van der Waals surface area contributed by atoms with E-state index in [9.17, 15) is 0 Å². The maximum absolute atomic E-state index is 4.05. The van der Waals surface area contributed by atoms with Gasteiger partial charge >= 0.3 is 0 Å². The van der Waals surface area contributed by atoms with Crippen molar-refractivity contribution < 1.29 is 0 Å². The molecule has 3 nitrogen and oxygen atoms in total. The fourth-order valence-electron chi connectivity index (χ4n) is 2.70. The molecule has 2 atom stereocenters. The Morgan fingerprint density at radius 2 is 2.18 bits per heavy atom. The van der Waals surface area contributed by atoms with E-state index in [1.807, 2.05) is 12.4 Å². The molecule has 94 valence electrons. The summed E-state index contributed by atoms with van der Waals surface area (Å²) in [6.07, 6.45) is 6.17. The largest absolute Gasteiger partial charge is 0.317 e. The molecule has 1 fully saturated rings. The van der Waals surface area contributed by atoms with Crippen molar-refractivity contribution in [2.75, 3.05) is 26.7 Å². The smallest absolute Gasteiger partial charge is 0.0270 e. The van der Waals surface area contributed by atoms with Gasteiger partial charge in [0, 0.05) is 31.5 Å². The molecule has 0 aromatic carbocycles. The molecule has 1 aliphatic rings. The third-order valence-corrected chi connectivity index (χ3v) is 3.83. The quantitative estimate of drug-likeness (QED) is 0.855. The molecule has 17 heavy (non-hydrogen) atoms. The Morgan fingerprint density at radius 1 is 1.41 bits per heavy atom. The van der Waals surface area contributed by atoms with Gasteiger partial charge in [-0.25, -0.2) is 0 Å². The normalized spacial score (nSPS) is 26.0. The lowest BCUT2D eigenvalue weighted by Gasteiger charge is -2.36. The van der Waals surface area contributed by atoms with Crippen LogP contribution in [-0.4, -0.2) is 42.6 Å². The van der Waals surface area contributed by atoms with E-state index in [0.717, 1.165) is 12.3 Å². The predicted molar refractivity (Wildman–Crippen MR) is 71.0 cm³/mol. The van der Waals surface area contributed by atoms with Crippen LogP contribution in [0.25, 0.3) is 0 Å². The van der Waals surface area contributed by atoms with Crippen LogP contribution in [0.15, 0.2) is 24.5 Å². The standard InChI is InChI=1S/C14H23N3/c1-12-11-17(10-6-14(12)15-2)9-5-13-3-7-16-8-4-13/h3-4,7-8,12,14-15H,5-6,9-11H2,1-2H3. The molecule has 1 aromatic rings. The van der Waals surface area contributed by atoms with Crippen LogP contribution in [0.2, 0.25) is 0 Å². The van der Waals surface area contributed by atoms with Crippen LogP contribution in [0.4, 0.5) is 0 Å². The van der Waals surface area contributed by atoms with Gasteiger partial charge in [0.15, 0.2) is 0 Å². The zero-order valence-corrected chi connectivity index (χ0v) is 10.9. The van der Waals surface area contributed by atoms with Crippen molar-refractivity contribution >= 4 is 0 Å². The molecule has 0 saturated carbocycles. The summed E-state index contributed by atoms with van der Waals surface area (Å²) < 4.78 is 0. The van der Waals surface area contributed by atoms with Crippen molar-refractivity contribution in [1.82, 2.24) is 15.2 Å². The van der Waals surface area contributed by atoms with Crippen molar-refractivity contribution in [2.24, 2.45) is 5.92 Å². The summed E-state index contributed by atoms with van der Waals surface area (Å²) >= 11 is 0. The molecule has 2 rings (SSSR count). The van der Waals surface area contributed by atoms with Crippen molar-refractivity contribution in [1.29, 1.82) is 0 Å². The number of aromatic nitrogens is 1. The summed E-state index contributed by atoms with van der Waals surface area (Å²) in [5.74, 6) is 0.756. The fraction of sp³-hybridized carbons (Fsp3) is 0.643. The van der Waals surface area contributed by atoms with Gasteiger partial charge in [-0.15, -0.1) is 0 Å². The molecule has 1 saturated heterocycles. The third kappa shape index (κ3) is 3.51. The van der Waals surface area contributed by atoms with Gasteiger partial charge < -0.3 is 10.2 Å². The van der Waals surface area contributed by atoms with Gasteiger partial charge in [0.1, 0.15) is 0 Å². The minimum absolute atomic E-state index is 0.701. The van der Waals surface area contributed by atoms with Crippen LogP contribution < -0.4 is 5.32 Å². The number of nitrogens with one attached hydrogen (secondary N) is 1. The Balaban J connectivity index is 1.78. The highest BCUT2D eigenvalue weighted by Gasteiger charge is 2.24. The minimum Gasteiger partial charge on any atom is -0.317 e. The monoisotopic (exact) mass is 233 g/mol. The van der Waals surface area contributed by atoms with E-state index in [4.69, 9.17) is 0 Å². The summed E-state index contributed by atoms with van der Waals surface area (Å²) in [6.45, 7) is 5.96. The molecule has 0 amide bonds. The lowest BCUT2D eigenvalue weighted by atomic mass is 9.94. The van der Waals surface area contributed by atoms with E-state index < -0.39 is 0 Å². The predicted octanol–water partition coefficient (Wildman–Crippen LogP) is 1.55. The second-order valence-electron chi connectivity index (χ2n) is 5.07. The van der Waals surface area contributed by atoms with E-state index in [0.29, 0.717) is 6.04 Å². The molecule has 2 unspecified atom stereocenters. The Labute approximate surface area is 104 Å². The second kappa shape index (κ2) is 6.12. The Morgan fingerprint density at radius 3 is 2.82 bits per heavy atom. The van der Waals surface area contributed by atoms with E-state index in [1.54, 1.807) is 0 Å². The van der Waals surface area contributed by atoms with Crippen LogP contribution in [-0.2, 0) is 6.42 Å². The number of pyridine rings is 1. The number of rotatable bonds is 4. The lowest BCUT2D eigenvalue weighted by Crippen LogP contribution is -2.47. The summed E-state index contributed by atoms with van der Waals surface area (Å²) in [4.78, 5) is 6.63. The third-order valence-electron chi connectivity index (χ3n) is 3.83. The van der Waals surface area contributed by atoms with E-state index in [-0.39, 0.29) is 0 Å². The van der Waals surface area contributed by atoms with Gasteiger partial charge in [-0.05, 0) is 50.0 Å². The highest BCUT2D eigenvalue weighted by atomic mass is 15.1. The van der Waals surface area contributed by atoms with Gasteiger partial charge in [0.2, 0.25) is 0 Å². The molecule has 1 aliphatic heterocycles. The molecule has 2 heterocycles. The average molecular weight is 233 g/mol. The SMILES string of the molecule is CNC1CCN(CCc2ccncc2)CC1C. The van der Waals surface area contributed by atoms with Crippen LogP contribution in [0.5, 0.6) is 0 Å². The maximum Gasteiger partial charge on any atom is 0.0270 e. The average Bonchev–Trinajstić information content (AvgIpc) is 2.38. The number of hydrogen-bond donors (Lipinski definition) is 1. The molecule has 3 heteroatoms.